The first-order chi connectivity index (χ1) is 16.3. The Bertz CT molecular complexity index is 1620. The number of ketones is 1. The number of nitrogens with zero attached hydrogens (tertiary/aromatic N) is 2. The number of hydrogen-bond acceptors (Lipinski definition) is 5. The molecular formula is C26H18Br2N2O3S. The Morgan fingerprint density at radius 1 is 1.03 bits per heavy atom. The standard InChI is InChI=1S/C26H18Br2N2O3S/c1-14-23(15(2)31)24(21-12-11-20(33-21)17-5-9-19(28)10-6-17)30-25(32)22(34-26(30)29-14)13-16-3-7-18(27)8-4-16/h3-13,24H,1-2H3/b22-13+/t24-/m0/s1. The summed E-state index contributed by atoms with van der Waals surface area (Å²) in [4.78, 5) is 31.4. The van der Waals surface area contributed by atoms with Crippen LogP contribution in [-0.2, 0) is 4.79 Å². The molecule has 0 bridgehead atoms. The summed E-state index contributed by atoms with van der Waals surface area (Å²) in [5, 5.41) is 0. The first-order valence-electron chi connectivity index (χ1n) is 10.5. The Morgan fingerprint density at radius 2 is 1.68 bits per heavy atom. The number of benzene rings is 2. The predicted octanol–water partition coefficient (Wildman–Crippen LogP) is 5.61. The van der Waals surface area contributed by atoms with Crippen LogP contribution in [0, 0.1) is 0 Å². The van der Waals surface area contributed by atoms with Gasteiger partial charge in [0.05, 0.1) is 4.53 Å². The van der Waals surface area contributed by atoms with E-state index in [2.05, 4.69) is 36.9 Å². The molecule has 0 radical (unpaired) electrons. The first-order valence-corrected chi connectivity index (χ1v) is 12.9. The Labute approximate surface area is 216 Å². The van der Waals surface area contributed by atoms with E-state index in [4.69, 9.17) is 4.42 Å². The topological polar surface area (TPSA) is 64.6 Å². The molecule has 1 aliphatic heterocycles. The van der Waals surface area contributed by atoms with E-state index < -0.39 is 6.04 Å². The zero-order chi connectivity index (χ0) is 24.0. The summed E-state index contributed by atoms with van der Waals surface area (Å²) in [5.74, 6) is 1.04. The molecule has 0 spiro atoms. The summed E-state index contributed by atoms with van der Waals surface area (Å²) < 4.78 is 10.3. The second kappa shape index (κ2) is 9.09. The number of carbonyl (C=O) groups excluding carboxylic acids is 1. The van der Waals surface area contributed by atoms with Gasteiger partial charge in [0, 0.05) is 25.8 Å². The maximum atomic E-state index is 13.5. The maximum Gasteiger partial charge on any atom is 0.271 e. The van der Waals surface area contributed by atoms with Crippen LogP contribution in [0.5, 0.6) is 0 Å². The highest BCUT2D eigenvalue weighted by Crippen LogP contribution is 2.34. The lowest BCUT2D eigenvalue weighted by Gasteiger charge is -2.22. The van der Waals surface area contributed by atoms with Crippen LogP contribution in [0.1, 0.15) is 31.2 Å². The molecule has 5 nitrogen and oxygen atoms in total. The third kappa shape index (κ3) is 4.21. The SMILES string of the molecule is CC(=O)C1=C(C)N=c2s/c(=C/c3ccc(Br)cc3)c(=O)n2[C@H]1c1ccc(-c2ccc(Br)cc2)o1. The summed E-state index contributed by atoms with van der Waals surface area (Å²) in [6.45, 7) is 3.30. The molecule has 2 aromatic carbocycles. The second-order valence-electron chi connectivity index (χ2n) is 7.90. The number of hydrogen-bond donors (Lipinski definition) is 0. The van der Waals surface area contributed by atoms with E-state index in [1.54, 1.807) is 11.5 Å². The summed E-state index contributed by atoms with van der Waals surface area (Å²) in [7, 11) is 0. The maximum absolute atomic E-state index is 13.5. The van der Waals surface area contributed by atoms with E-state index in [9.17, 15) is 9.59 Å². The van der Waals surface area contributed by atoms with E-state index in [0.29, 0.717) is 32.1 Å². The normalized spacial score (nSPS) is 15.9. The molecule has 0 N–H and O–H groups in total. The molecule has 34 heavy (non-hydrogen) atoms. The van der Waals surface area contributed by atoms with Crippen molar-refractivity contribution in [3.8, 4) is 11.3 Å². The van der Waals surface area contributed by atoms with Gasteiger partial charge in [-0.1, -0.05) is 67.5 Å². The number of carbonyl (C=O) groups is 1. The van der Waals surface area contributed by atoms with Gasteiger partial charge in [-0.15, -0.1) is 0 Å². The Hall–Kier alpha value is -2.81. The van der Waals surface area contributed by atoms with Crippen molar-refractivity contribution in [2.75, 3.05) is 0 Å². The van der Waals surface area contributed by atoms with Crippen molar-refractivity contribution in [2.45, 2.75) is 19.9 Å². The molecule has 0 amide bonds. The average Bonchev–Trinajstić information content (AvgIpc) is 3.40. The van der Waals surface area contributed by atoms with Gasteiger partial charge in [0.25, 0.3) is 5.56 Å². The van der Waals surface area contributed by atoms with Crippen molar-refractivity contribution in [3.05, 3.63) is 112 Å². The molecule has 8 heteroatoms. The minimum Gasteiger partial charge on any atom is -0.458 e. The second-order valence-corrected chi connectivity index (χ2v) is 10.7. The third-order valence-electron chi connectivity index (χ3n) is 5.59. The molecular weight excluding hydrogens is 580 g/mol. The van der Waals surface area contributed by atoms with Gasteiger partial charge in [0.15, 0.2) is 10.6 Å². The van der Waals surface area contributed by atoms with Crippen LogP contribution in [-0.4, -0.2) is 10.4 Å². The van der Waals surface area contributed by atoms with Crippen molar-refractivity contribution in [2.24, 2.45) is 4.99 Å². The van der Waals surface area contributed by atoms with Crippen LogP contribution >= 0.6 is 43.2 Å². The van der Waals surface area contributed by atoms with Crippen molar-refractivity contribution in [3.63, 3.8) is 0 Å². The lowest BCUT2D eigenvalue weighted by Crippen LogP contribution is -2.39. The molecule has 3 heterocycles. The van der Waals surface area contributed by atoms with Crippen molar-refractivity contribution < 1.29 is 9.21 Å². The molecule has 5 rings (SSSR count). The predicted molar refractivity (Wildman–Crippen MR) is 140 cm³/mol. The fourth-order valence-corrected chi connectivity index (χ4v) is 5.59. The van der Waals surface area contributed by atoms with Crippen LogP contribution < -0.4 is 14.9 Å². The summed E-state index contributed by atoms with van der Waals surface area (Å²) in [6, 6.07) is 18.5. The Balaban J connectivity index is 1.68. The highest BCUT2D eigenvalue weighted by molar-refractivity contribution is 9.10. The quantitative estimate of drug-likeness (QED) is 0.307. The van der Waals surface area contributed by atoms with E-state index >= 15 is 0 Å². The molecule has 1 atom stereocenters. The van der Waals surface area contributed by atoms with Gasteiger partial charge >= 0.3 is 0 Å². The highest BCUT2D eigenvalue weighted by atomic mass is 79.9. The minimum atomic E-state index is -0.676. The number of thiazole rings is 1. The number of fused-ring (bicyclic) bond motifs is 1. The largest absolute Gasteiger partial charge is 0.458 e. The lowest BCUT2D eigenvalue weighted by atomic mass is 9.98. The van der Waals surface area contributed by atoms with Gasteiger partial charge < -0.3 is 4.42 Å². The Kier molecular flexibility index (Phi) is 6.14. The minimum absolute atomic E-state index is 0.143. The monoisotopic (exact) mass is 596 g/mol. The van der Waals surface area contributed by atoms with Gasteiger partial charge in [0.2, 0.25) is 0 Å². The lowest BCUT2D eigenvalue weighted by molar-refractivity contribution is -0.114. The number of halogens is 2. The zero-order valence-electron chi connectivity index (χ0n) is 18.2. The first kappa shape index (κ1) is 23.0. The smallest absolute Gasteiger partial charge is 0.271 e. The van der Waals surface area contributed by atoms with E-state index in [0.717, 1.165) is 20.1 Å². The molecule has 170 valence electrons. The molecule has 2 aromatic heterocycles. The molecule has 0 saturated carbocycles. The summed E-state index contributed by atoms with van der Waals surface area (Å²) >= 11 is 8.18. The fraction of sp³-hybridized carbons (Fsp3) is 0.115. The molecule has 0 aliphatic carbocycles. The number of rotatable bonds is 4. The zero-order valence-corrected chi connectivity index (χ0v) is 22.2. The van der Waals surface area contributed by atoms with Gasteiger partial charge in [0.1, 0.15) is 17.6 Å². The molecule has 1 aliphatic rings. The summed E-state index contributed by atoms with van der Waals surface area (Å²) in [6.07, 6.45) is 1.84. The number of aromatic nitrogens is 1. The molecule has 0 fully saturated rings. The highest BCUT2D eigenvalue weighted by Gasteiger charge is 2.33. The molecule has 0 saturated heterocycles. The van der Waals surface area contributed by atoms with Gasteiger partial charge in [-0.05, 0) is 61.9 Å². The molecule has 0 unspecified atom stereocenters. The van der Waals surface area contributed by atoms with Gasteiger partial charge in [-0.2, -0.15) is 0 Å². The van der Waals surface area contributed by atoms with Gasteiger partial charge in [-0.3, -0.25) is 14.2 Å². The Morgan fingerprint density at radius 3 is 2.32 bits per heavy atom. The third-order valence-corrected chi connectivity index (χ3v) is 7.63. The van der Waals surface area contributed by atoms with Crippen molar-refractivity contribution in [1.82, 2.24) is 4.57 Å². The fourth-order valence-electron chi connectivity index (χ4n) is 4.02. The van der Waals surface area contributed by atoms with Gasteiger partial charge in [-0.25, -0.2) is 4.99 Å². The number of allylic oxidation sites excluding steroid dienone is 2. The van der Waals surface area contributed by atoms with Crippen LogP contribution in [0.15, 0.2) is 95.1 Å². The average molecular weight is 598 g/mol. The van der Waals surface area contributed by atoms with E-state index in [-0.39, 0.29) is 11.3 Å². The number of furan rings is 1. The van der Waals surface area contributed by atoms with Crippen LogP contribution in [0.25, 0.3) is 17.4 Å². The molecule has 4 aromatic rings. The summed E-state index contributed by atoms with van der Waals surface area (Å²) in [5.41, 5.74) is 2.66. The van der Waals surface area contributed by atoms with E-state index in [1.165, 1.54) is 18.3 Å². The number of Topliss-reactive ketones (excluding diaryl/α,β-unsaturated/α-hetero) is 1. The van der Waals surface area contributed by atoms with Crippen LogP contribution in [0.2, 0.25) is 0 Å². The van der Waals surface area contributed by atoms with Crippen LogP contribution in [0.4, 0.5) is 0 Å². The van der Waals surface area contributed by atoms with Crippen molar-refractivity contribution in [1.29, 1.82) is 0 Å². The van der Waals surface area contributed by atoms with Crippen LogP contribution in [0.3, 0.4) is 0 Å². The van der Waals surface area contributed by atoms with Crippen molar-refractivity contribution >= 4 is 55.1 Å². The van der Waals surface area contributed by atoms with E-state index in [1.807, 2.05) is 66.7 Å².